The molecule has 0 unspecified atom stereocenters. The second kappa shape index (κ2) is 7.19. The maximum atomic E-state index is 11.7. The van der Waals surface area contributed by atoms with E-state index < -0.39 is 0 Å². The number of carbonyl (C=O) groups is 1. The van der Waals surface area contributed by atoms with Gasteiger partial charge in [-0.2, -0.15) is 0 Å². The Hall–Kier alpha value is -1.69. The molecule has 1 aliphatic heterocycles. The zero-order chi connectivity index (χ0) is 14.4. The lowest BCUT2D eigenvalue weighted by atomic mass is 10.1. The quantitative estimate of drug-likeness (QED) is 0.884. The average Bonchev–Trinajstić information content (AvgIpc) is 2.45. The van der Waals surface area contributed by atoms with Gasteiger partial charge in [0.05, 0.1) is 6.54 Å². The van der Waals surface area contributed by atoms with Crippen LogP contribution in [0.1, 0.15) is 11.1 Å². The first-order valence-corrected chi connectivity index (χ1v) is 7.14. The molecule has 0 saturated heterocycles. The number of halogens is 1. The van der Waals surface area contributed by atoms with Crippen molar-refractivity contribution in [3.8, 4) is 0 Å². The molecule has 1 heterocycles. The Morgan fingerprint density at radius 1 is 1.30 bits per heavy atom. The molecule has 20 heavy (non-hydrogen) atoms. The summed E-state index contributed by atoms with van der Waals surface area (Å²) in [6.07, 6.45) is 1.53. The maximum absolute atomic E-state index is 11.7. The summed E-state index contributed by atoms with van der Waals surface area (Å²) >= 11 is 3.41. The van der Waals surface area contributed by atoms with E-state index >= 15 is 0 Å². The molecule has 1 aromatic carbocycles. The van der Waals surface area contributed by atoms with Gasteiger partial charge in [-0.3, -0.25) is 0 Å². The van der Waals surface area contributed by atoms with Gasteiger partial charge in [-0.15, -0.1) is 0 Å². The summed E-state index contributed by atoms with van der Waals surface area (Å²) in [6, 6.07) is 5.73. The summed E-state index contributed by atoms with van der Waals surface area (Å²) in [5.74, 6) is 0.631. The van der Waals surface area contributed by atoms with Gasteiger partial charge in [0.15, 0.2) is 0 Å². The Morgan fingerprint density at radius 3 is 2.80 bits per heavy atom. The van der Waals surface area contributed by atoms with Crippen molar-refractivity contribution in [1.82, 2.24) is 10.6 Å². The van der Waals surface area contributed by atoms with E-state index in [4.69, 9.17) is 9.47 Å². The van der Waals surface area contributed by atoms with E-state index in [2.05, 4.69) is 26.6 Å². The molecule has 2 N–H and O–H groups in total. The molecule has 0 saturated carbocycles. The van der Waals surface area contributed by atoms with Gasteiger partial charge in [-0.1, -0.05) is 22.0 Å². The second-order valence-electron chi connectivity index (χ2n) is 4.41. The Kier molecular flexibility index (Phi) is 5.29. The molecule has 0 aromatic heterocycles. The maximum Gasteiger partial charge on any atom is 0.315 e. The van der Waals surface area contributed by atoms with Crippen LogP contribution < -0.4 is 10.6 Å². The minimum absolute atomic E-state index is 0.234. The van der Waals surface area contributed by atoms with Crippen molar-refractivity contribution >= 4 is 22.0 Å². The minimum Gasteiger partial charge on any atom is -0.494 e. The highest BCUT2D eigenvalue weighted by Gasteiger charge is 2.07. The molecule has 1 aromatic rings. The van der Waals surface area contributed by atoms with E-state index in [9.17, 15) is 4.79 Å². The molecule has 0 fully saturated rings. The summed E-state index contributed by atoms with van der Waals surface area (Å²) in [5.41, 5.74) is 2.21. The Bertz CT molecular complexity index is 517. The van der Waals surface area contributed by atoms with Crippen molar-refractivity contribution in [3.05, 3.63) is 45.8 Å². The number of ether oxygens (including phenoxy) is 2. The molecule has 1 aliphatic rings. The second-order valence-corrected chi connectivity index (χ2v) is 5.33. The Morgan fingerprint density at radius 2 is 2.10 bits per heavy atom. The minimum atomic E-state index is -0.234. The number of amides is 2. The molecule has 0 aliphatic carbocycles. The fourth-order valence-corrected chi connectivity index (χ4v) is 2.24. The number of urea groups is 1. The average molecular weight is 341 g/mol. The topological polar surface area (TPSA) is 59.6 Å². The van der Waals surface area contributed by atoms with E-state index in [-0.39, 0.29) is 6.03 Å². The Balaban J connectivity index is 1.75. The number of nitrogens with one attached hydrogen (secondary N) is 2. The fourth-order valence-electron chi connectivity index (χ4n) is 1.76. The van der Waals surface area contributed by atoms with Crippen LogP contribution in [0.5, 0.6) is 0 Å². The van der Waals surface area contributed by atoms with E-state index in [1.165, 1.54) is 6.26 Å². The van der Waals surface area contributed by atoms with Crippen LogP contribution in [0.3, 0.4) is 0 Å². The van der Waals surface area contributed by atoms with Gasteiger partial charge in [-0.05, 0) is 30.2 Å². The molecule has 2 amide bonds. The lowest BCUT2D eigenvalue weighted by Gasteiger charge is -2.16. The standard InChI is InChI=1S/C14H17BrN2O3/c1-10-6-12(15)3-2-11(10)7-16-14(18)17-8-13-9-19-4-5-20-13/h2-3,6,9H,4-5,7-8H2,1H3,(H2,16,17,18). The van der Waals surface area contributed by atoms with Crippen LogP contribution in [0.25, 0.3) is 0 Å². The van der Waals surface area contributed by atoms with Crippen molar-refractivity contribution in [2.24, 2.45) is 0 Å². The van der Waals surface area contributed by atoms with E-state index in [1.54, 1.807) is 0 Å². The van der Waals surface area contributed by atoms with Gasteiger partial charge in [0, 0.05) is 11.0 Å². The van der Waals surface area contributed by atoms with Crippen LogP contribution >= 0.6 is 15.9 Å². The number of rotatable bonds is 4. The predicted octanol–water partition coefficient (Wildman–Crippen LogP) is 2.44. The van der Waals surface area contributed by atoms with Crippen molar-refractivity contribution < 1.29 is 14.3 Å². The highest BCUT2D eigenvalue weighted by molar-refractivity contribution is 9.10. The van der Waals surface area contributed by atoms with E-state index in [1.807, 2.05) is 25.1 Å². The van der Waals surface area contributed by atoms with Crippen LogP contribution in [0.4, 0.5) is 4.79 Å². The van der Waals surface area contributed by atoms with E-state index in [0.717, 1.165) is 15.6 Å². The first-order chi connectivity index (χ1) is 9.65. The highest BCUT2D eigenvalue weighted by atomic mass is 79.9. The monoisotopic (exact) mass is 340 g/mol. The van der Waals surface area contributed by atoms with Crippen LogP contribution in [0, 0.1) is 6.92 Å². The first-order valence-electron chi connectivity index (χ1n) is 6.35. The first kappa shape index (κ1) is 14.7. The van der Waals surface area contributed by atoms with E-state index in [0.29, 0.717) is 32.1 Å². The van der Waals surface area contributed by atoms with Crippen LogP contribution in [-0.4, -0.2) is 25.8 Å². The van der Waals surface area contributed by atoms with Gasteiger partial charge < -0.3 is 20.1 Å². The molecule has 0 atom stereocenters. The smallest absolute Gasteiger partial charge is 0.315 e. The fraction of sp³-hybridized carbons (Fsp3) is 0.357. The third-order valence-electron chi connectivity index (χ3n) is 2.87. The molecule has 0 spiro atoms. The lowest BCUT2D eigenvalue weighted by molar-refractivity contribution is 0.0817. The number of hydrogen-bond donors (Lipinski definition) is 2. The highest BCUT2D eigenvalue weighted by Crippen LogP contribution is 2.15. The van der Waals surface area contributed by atoms with Gasteiger partial charge >= 0.3 is 6.03 Å². The molecule has 6 heteroatoms. The number of carbonyl (C=O) groups excluding carboxylic acids is 1. The third kappa shape index (κ3) is 4.45. The number of hydrogen-bond acceptors (Lipinski definition) is 3. The summed E-state index contributed by atoms with van der Waals surface area (Å²) < 4.78 is 11.5. The summed E-state index contributed by atoms with van der Waals surface area (Å²) in [7, 11) is 0. The van der Waals surface area contributed by atoms with Crippen LogP contribution in [0.2, 0.25) is 0 Å². The molecule has 108 valence electrons. The van der Waals surface area contributed by atoms with Crippen LogP contribution in [0.15, 0.2) is 34.7 Å². The largest absolute Gasteiger partial charge is 0.494 e. The molecule has 5 nitrogen and oxygen atoms in total. The summed E-state index contributed by atoms with van der Waals surface area (Å²) in [6.45, 7) is 3.90. The normalized spacial score (nSPS) is 13.8. The molecular formula is C14H17BrN2O3. The molecular weight excluding hydrogens is 324 g/mol. The molecule has 2 rings (SSSR count). The number of aryl methyl sites for hydroxylation is 1. The van der Waals surface area contributed by atoms with Gasteiger partial charge in [0.25, 0.3) is 0 Å². The Labute approximate surface area is 126 Å². The molecule has 0 bridgehead atoms. The summed E-state index contributed by atoms with van der Waals surface area (Å²) in [4.78, 5) is 11.7. The van der Waals surface area contributed by atoms with Gasteiger partial charge in [-0.25, -0.2) is 4.79 Å². The predicted molar refractivity (Wildman–Crippen MR) is 79.1 cm³/mol. The van der Waals surface area contributed by atoms with Crippen molar-refractivity contribution in [3.63, 3.8) is 0 Å². The van der Waals surface area contributed by atoms with Crippen molar-refractivity contribution in [2.75, 3.05) is 19.8 Å². The van der Waals surface area contributed by atoms with Crippen molar-refractivity contribution in [1.29, 1.82) is 0 Å². The molecule has 0 radical (unpaired) electrons. The number of benzene rings is 1. The van der Waals surface area contributed by atoms with Gasteiger partial charge in [0.2, 0.25) is 0 Å². The third-order valence-corrected chi connectivity index (χ3v) is 3.36. The zero-order valence-electron chi connectivity index (χ0n) is 11.2. The SMILES string of the molecule is Cc1cc(Br)ccc1CNC(=O)NCC1=COCCO1. The zero-order valence-corrected chi connectivity index (χ0v) is 12.8. The summed E-state index contributed by atoms with van der Waals surface area (Å²) in [5, 5.41) is 5.53. The lowest BCUT2D eigenvalue weighted by Crippen LogP contribution is -2.37. The van der Waals surface area contributed by atoms with Crippen LogP contribution in [-0.2, 0) is 16.0 Å². The van der Waals surface area contributed by atoms with Gasteiger partial charge in [0.1, 0.15) is 25.2 Å². The van der Waals surface area contributed by atoms with Crippen molar-refractivity contribution in [2.45, 2.75) is 13.5 Å².